The molecule has 0 fully saturated rings. The Hall–Kier alpha value is -2.22. The minimum atomic E-state index is -0.242. The molecular weight excluding hydrogens is 316 g/mol. The summed E-state index contributed by atoms with van der Waals surface area (Å²) < 4.78 is 6.68. The first-order valence-electron chi connectivity index (χ1n) is 7.36. The molecule has 0 aliphatic heterocycles. The number of thioether (sulfide) groups is 1. The Kier molecular flexibility index (Phi) is 6.28. The van der Waals surface area contributed by atoms with E-state index >= 15 is 0 Å². The van der Waals surface area contributed by atoms with E-state index in [1.165, 1.54) is 11.8 Å². The number of hydrogen-bond donors (Lipinski definition) is 2. The third-order valence-corrected chi connectivity index (χ3v) is 4.12. The highest BCUT2D eigenvalue weighted by Crippen LogP contribution is 2.18. The lowest BCUT2D eigenvalue weighted by atomic mass is 10.3. The van der Waals surface area contributed by atoms with E-state index in [1.807, 2.05) is 0 Å². The summed E-state index contributed by atoms with van der Waals surface area (Å²) in [5, 5.41) is 9.71. The molecule has 1 heterocycles. The van der Waals surface area contributed by atoms with Crippen molar-refractivity contribution in [2.75, 3.05) is 18.2 Å². The molecule has 0 unspecified atom stereocenters. The molecule has 0 atom stereocenters. The predicted octanol–water partition coefficient (Wildman–Crippen LogP) is 2.11. The van der Waals surface area contributed by atoms with Crippen molar-refractivity contribution >= 4 is 23.4 Å². The summed E-state index contributed by atoms with van der Waals surface area (Å²) >= 11 is 1.23. The highest BCUT2D eigenvalue weighted by Gasteiger charge is 2.11. The van der Waals surface area contributed by atoms with Crippen LogP contribution in [-0.2, 0) is 11.3 Å². The minimum absolute atomic E-state index is 0.166. The van der Waals surface area contributed by atoms with E-state index in [4.69, 9.17) is 4.74 Å². The lowest BCUT2D eigenvalue weighted by Crippen LogP contribution is -2.19. The largest absolute Gasteiger partial charge is 0.497 e. The quantitative estimate of drug-likeness (QED) is 0.721. The fourth-order valence-electron chi connectivity index (χ4n) is 1.95. The van der Waals surface area contributed by atoms with Crippen LogP contribution in [0.15, 0.2) is 34.2 Å². The maximum Gasteiger partial charge on any atom is 0.343 e. The van der Waals surface area contributed by atoms with Gasteiger partial charge in [-0.15, -0.1) is 5.10 Å². The molecule has 2 rings (SSSR count). The number of benzene rings is 1. The Morgan fingerprint density at radius 3 is 3.04 bits per heavy atom. The Morgan fingerprint density at radius 1 is 1.48 bits per heavy atom. The summed E-state index contributed by atoms with van der Waals surface area (Å²) in [5.74, 6) is 0.685. The number of carbonyl (C=O) groups is 1. The van der Waals surface area contributed by atoms with E-state index in [1.54, 1.807) is 35.9 Å². The Bertz CT molecular complexity index is 711. The van der Waals surface area contributed by atoms with Gasteiger partial charge in [0.1, 0.15) is 5.75 Å². The van der Waals surface area contributed by atoms with Gasteiger partial charge in [-0.25, -0.2) is 9.89 Å². The number of methoxy groups -OCH3 is 1. The summed E-state index contributed by atoms with van der Waals surface area (Å²) in [5.41, 5.74) is 0.425. The monoisotopic (exact) mass is 336 g/mol. The van der Waals surface area contributed by atoms with Gasteiger partial charge >= 0.3 is 5.69 Å². The maximum atomic E-state index is 12.0. The van der Waals surface area contributed by atoms with Gasteiger partial charge in [-0.1, -0.05) is 31.2 Å². The molecule has 7 nitrogen and oxygen atoms in total. The van der Waals surface area contributed by atoms with Gasteiger partial charge in [0.25, 0.3) is 0 Å². The minimum Gasteiger partial charge on any atom is -0.497 e. The fourth-order valence-corrected chi connectivity index (χ4v) is 2.73. The second-order valence-electron chi connectivity index (χ2n) is 4.89. The Morgan fingerprint density at radius 2 is 2.30 bits per heavy atom. The van der Waals surface area contributed by atoms with Crippen LogP contribution in [-0.4, -0.2) is 33.5 Å². The molecule has 2 aromatic rings. The predicted molar refractivity (Wildman–Crippen MR) is 90.1 cm³/mol. The van der Waals surface area contributed by atoms with Crippen LogP contribution in [0, 0.1) is 0 Å². The third-order valence-electron chi connectivity index (χ3n) is 3.14. The van der Waals surface area contributed by atoms with Crippen molar-refractivity contribution < 1.29 is 9.53 Å². The van der Waals surface area contributed by atoms with Gasteiger partial charge in [-0.05, 0) is 18.6 Å². The third kappa shape index (κ3) is 4.88. The van der Waals surface area contributed by atoms with Crippen LogP contribution in [0.3, 0.4) is 0 Å². The number of aromatic nitrogens is 3. The molecule has 0 spiro atoms. The lowest BCUT2D eigenvalue weighted by molar-refractivity contribution is -0.113. The number of amides is 1. The molecule has 0 aliphatic carbocycles. The van der Waals surface area contributed by atoms with Crippen LogP contribution >= 0.6 is 11.8 Å². The highest BCUT2D eigenvalue weighted by molar-refractivity contribution is 7.99. The van der Waals surface area contributed by atoms with Crippen molar-refractivity contribution in [1.29, 1.82) is 0 Å². The normalized spacial score (nSPS) is 10.5. The molecule has 1 aromatic heterocycles. The average molecular weight is 336 g/mol. The number of nitrogens with zero attached hydrogens (tertiary/aromatic N) is 2. The van der Waals surface area contributed by atoms with Crippen molar-refractivity contribution in [3.8, 4) is 5.75 Å². The van der Waals surface area contributed by atoms with E-state index in [9.17, 15) is 9.59 Å². The number of hydrogen-bond acceptors (Lipinski definition) is 5. The molecule has 0 bridgehead atoms. The molecular formula is C15H20N4O3S. The van der Waals surface area contributed by atoms with Gasteiger partial charge < -0.3 is 10.1 Å². The zero-order valence-electron chi connectivity index (χ0n) is 13.2. The molecule has 23 heavy (non-hydrogen) atoms. The zero-order valence-corrected chi connectivity index (χ0v) is 14.0. The van der Waals surface area contributed by atoms with E-state index in [0.29, 0.717) is 23.1 Å². The van der Waals surface area contributed by atoms with Gasteiger partial charge in [-0.3, -0.25) is 9.36 Å². The smallest absolute Gasteiger partial charge is 0.343 e. The summed E-state index contributed by atoms with van der Waals surface area (Å²) in [4.78, 5) is 23.7. The Labute approximate surface area is 138 Å². The van der Waals surface area contributed by atoms with Gasteiger partial charge in [0.2, 0.25) is 5.91 Å². The highest BCUT2D eigenvalue weighted by atomic mass is 32.2. The number of rotatable bonds is 8. The first kappa shape index (κ1) is 17.1. The number of ether oxygens (including phenoxy) is 1. The van der Waals surface area contributed by atoms with E-state index < -0.39 is 0 Å². The number of unbranched alkanes of at least 4 members (excludes halogenated alkanes) is 1. The van der Waals surface area contributed by atoms with Crippen molar-refractivity contribution in [3.05, 3.63) is 34.7 Å². The van der Waals surface area contributed by atoms with E-state index in [-0.39, 0.29) is 17.3 Å². The second kappa shape index (κ2) is 8.42. The molecule has 8 heteroatoms. The van der Waals surface area contributed by atoms with Gasteiger partial charge in [0.15, 0.2) is 5.16 Å². The first-order valence-corrected chi connectivity index (χ1v) is 8.34. The maximum absolute atomic E-state index is 12.0. The van der Waals surface area contributed by atoms with Crippen LogP contribution in [0.25, 0.3) is 0 Å². The van der Waals surface area contributed by atoms with Crippen LogP contribution in [0.4, 0.5) is 5.69 Å². The topological polar surface area (TPSA) is 89.0 Å². The number of H-pyrrole nitrogens is 1. The number of aromatic amines is 1. The molecule has 0 aliphatic rings. The fraction of sp³-hybridized carbons (Fsp3) is 0.400. The molecule has 124 valence electrons. The van der Waals surface area contributed by atoms with Crippen molar-refractivity contribution in [3.63, 3.8) is 0 Å². The van der Waals surface area contributed by atoms with Gasteiger partial charge in [0.05, 0.1) is 12.9 Å². The molecule has 0 saturated heterocycles. The first-order chi connectivity index (χ1) is 11.1. The molecule has 1 aromatic carbocycles. The SMILES string of the molecule is CCCCn1c(SCC(=O)Nc2cccc(OC)c2)n[nH]c1=O. The standard InChI is InChI=1S/C15H20N4O3S/c1-3-4-8-19-14(21)17-18-15(19)23-10-13(20)16-11-6-5-7-12(9-11)22-2/h5-7,9H,3-4,8,10H2,1-2H3,(H,16,20)(H,17,21). The Balaban J connectivity index is 1.93. The summed E-state index contributed by atoms with van der Waals surface area (Å²) in [7, 11) is 1.57. The van der Waals surface area contributed by atoms with Crippen LogP contribution in [0.5, 0.6) is 5.75 Å². The number of anilines is 1. The summed E-state index contributed by atoms with van der Waals surface area (Å²) in [6.07, 6.45) is 1.88. The van der Waals surface area contributed by atoms with Crippen LogP contribution in [0.2, 0.25) is 0 Å². The van der Waals surface area contributed by atoms with E-state index in [0.717, 1.165) is 12.8 Å². The lowest BCUT2D eigenvalue weighted by Gasteiger charge is -2.07. The molecule has 0 saturated carbocycles. The number of carbonyl (C=O) groups excluding carboxylic acids is 1. The summed E-state index contributed by atoms with van der Waals surface area (Å²) in [6.45, 7) is 2.66. The van der Waals surface area contributed by atoms with Gasteiger partial charge in [-0.2, -0.15) is 0 Å². The van der Waals surface area contributed by atoms with Crippen LogP contribution < -0.4 is 15.7 Å². The summed E-state index contributed by atoms with van der Waals surface area (Å²) in [6, 6.07) is 7.14. The van der Waals surface area contributed by atoms with Crippen molar-refractivity contribution in [2.24, 2.45) is 0 Å². The zero-order chi connectivity index (χ0) is 16.7. The van der Waals surface area contributed by atoms with Crippen LogP contribution in [0.1, 0.15) is 19.8 Å². The van der Waals surface area contributed by atoms with Crippen molar-refractivity contribution in [1.82, 2.24) is 14.8 Å². The van der Waals surface area contributed by atoms with Gasteiger partial charge in [0, 0.05) is 18.3 Å². The molecule has 2 N–H and O–H groups in total. The number of nitrogens with one attached hydrogen (secondary N) is 2. The second-order valence-corrected chi connectivity index (χ2v) is 5.83. The molecule has 0 radical (unpaired) electrons. The average Bonchev–Trinajstić information content (AvgIpc) is 2.91. The molecule has 1 amide bonds. The van der Waals surface area contributed by atoms with Crippen molar-refractivity contribution in [2.45, 2.75) is 31.5 Å². The van der Waals surface area contributed by atoms with E-state index in [2.05, 4.69) is 22.4 Å².